The van der Waals surface area contributed by atoms with Crippen molar-refractivity contribution < 1.29 is 19.4 Å². The van der Waals surface area contributed by atoms with Crippen LogP contribution in [0, 0.1) is 31.5 Å². The molecule has 0 aliphatic carbocycles. The van der Waals surface area contributed by atoms with Crippen molar-refractivity contribution in [2.45, 2.75) is 19.9 Å². The summed E-state index contributed by atoms with van der Waals surface area (Å²) in [5.41, 5.74) is 3.21. The Kier molecular flexibility index (Phi) is 6.45. The van der Waals surface area contributed by atoms with E-state index in [0.717, 1.165) is 11.6 Å². The summed E-state index contributed by atoms with van der Waals surface area (Å²) in [6.45, 7) is 3.37. The molecule has 30 heavy (non-hydrogen) atoms. The van der Waals surface area contributed by atoms with E-state index in [0.29, 0.717) is 16.8 Å². The first-order valence-corrected chi connectivity index (χ1v) is 9.31. The van der Waals surface area contributed by atoms with E-state index in [9.17, 15) is 14.3 Å². The van der Waals surface area contributed by atoms with Gasteiger partial charge in [-0.25, -0.2) is 9.37 Å². The second-order valence-electron chi connectivity index (χ2n) is 6.86. The number of benzene rings is 2. The molecule has 0 aliphatic rings. The van der Waals surface area contributed by atoms with Crippen molar-refractivity contribution in [2.75, 3.05) is 6.61 Å². The summed E-state index contributed by atoms with van der Waals surface area (Å²) < 4.78 is 13.9. The van der Waals surface area contributed by atoms with E-state index in [2.05, 4.69) is 22.1 Å². The molecule has 3 N–H and O–H groups in total. The predicted molar refractivity (Wildman–Crippen MR) is 111 cm³/mol. The number of amides is 1. The zero-order valence-corrected chi connectivity index (χ0v) is 16.6. The van der Waals surface area contributed by atoms with Crippen molar-refractivity contribution in [2.24, 2.45) is 0 Å². The second-order valence-corrected chi connectivity index (χ2v) is 6.86. The Morgan fingerprint density at radius 2 is 1.87 bits per heavy atom. The minimum atomic E-state index is -0.789. The molecule has 0 saturated carbocycles. The number of pyridine rings is 1. The molecule has 1 aromatic heterocycles. The Balaban J connectivity index is 2.01. The van der Waals surface area contributed by atoms with Crippen LogP contribution in [-0.4, -0.2) is 27.7 Å². The fraction of sp³-hybridized carbons (Fsp3) is 0.167. The van der Waals surface area contributed by atoms with Gasteiger partial charge in [0.1, 0.15) is 23.9 Å². The van der Waals surface area contributed by atoms with Crippen LogP contribution in [0.4, 0.5) is 4.39 Å². The minimum Gasteiger partial charge on any atom is -0.508 e. The third kappa shape index (κ3) is 5.02. The highest BCUT2D eigenvalue weighted by atomic mass is 19.1. The van der Waals surface area contributed by atoms with Gasteiger partial charge in [-0.2, -0.15) is 0 Å². The monoisotopic (exact) mass is 404 g/mol. The minimum absolute atomic E-state index is 0.130. The van der Waals surface area contributed by atoms with Crippen LogP contribution in [0.3, 0.4) is 0 Å². The summed E-state index contributed by atoms with van der Waals surface area (Å²) in [6, 6.07) is 13.4. The molecule has 1 atom stereocenters. The fourth-order valence-electron chi connectivity index (χ4n) is 3.06. The molecular weight excluding hydrogens is 383 g/mol. The summed E-state index contributed by atoms with van der Waals surface area (Å²) >= 11 is 0. The van der Waals surface area contributed by atoms with Gasteiger partial charge in [-0.1, -0.05) is 41.7 Å². The lowest BCUT2D eigenvalue weighted by molar-refractivity contribution is 0.0937. The molecule has 3 rings (SSSR count). The predicted octanol–water partition coefficient (Wildman–Crippen LogP) is 3.41. The fourth-order valence-corrected chi connectivity index (χ4v) is 3.06. The van der Waals surface area contributed by atoms with Crippen molar-refractivity contribution >= 4 is 5.91 Å². The highest BCUT2D eigenvalue weighted by molar-refractivity contribution is 5.93. The number of aromatic nitrogens is 1. The van der Waals surface area contributed by atoms with Crippen LogP contribution in [-0.2, 0) is 0 Å². The number of carbonyl (C=O) groups is 1. The van der Waals surface area contributed by atoms with Gasteiger partial charge in [-0.05, 0) is 49.7 Å². The first-order valence-electron chi connectivity index (χ1n) is 9.31. The first kappa shape index (κ1) is 21.0. The van der Waals surface area contributed by atoms with Crippen LogP contribution in [0.1, 0.15) is 44.5 Å². The van der Waals surface area contributed by atoms with Gasteiger partial charge in [0.15, 0.2) is 0 Å². The zero-order chi connectivity index (χ0) is 21.7. The second kappa shape index (κ2) is 9.21. The topological polar surface area (TPSA) is 82.5 Å². The number of hydrogen-bond acceptors (Lipinski definition) is 4. The molecule has 5 nitrogen and oxygen atoms in total. The summed E-state index contributed by atoms with van der Waals surface area (Å²) in [7, 11) is 0. The molecule has 2 aromatic carbocycles. The molecule has 0 bridgehead atoms. The molecule has 152 valence electrons. The van der Waals surface area contributed by atoms with E-state index in [-0.39, 0.29) is 23.6 Å². The Labute approximate surface area is 174 Å². The number of carbonyl (C=O) groups excluding carboxylic acids is 1. The number of rotatable bonds is 4. The number of aryl methyl sites for hydroxylation is 2. The largest absolute Gasteiger partial charge is 0.508 e. The average Bonchev–Trinajstić information content (AvgIpc) is 2.72. The lowest BCUT2D eigenvalue weighted by Crippen LogP contribution is -2.30. The number of phenolic OH excluding ortho intramolecular Hbond substituents is 1. The Morgan fingerprint density at radius 3 is 2.57 bits per heavy atom. The lowest BCUT2D eigenvalue weighted by Gasteiger charge is -2.21. The van der Waals surface area contributed by atoms with Crippen LogP contribution in [0.15, 0.2) is 54.6 Å². The number of aliphatic hydroxyl groups is 1. The molecule has 6 heteroatoms. The molecule has 1 amide bonds. The maximum atomic E-state index is 13.9. The molecule has 3 aromatic rings. The number of phenols is 1. The zero-order valence-electron chi connectivity index (χ0n) is 16.6. The number of nitrogens with zero attached hydrogens (tertiary/aromatic N) is 1. The van der Waals surface area contributed by atoms with Crippen LogP contribution < -0.4 is 5.32 Å². The quantitative estimate of drug-likeness (QED) is 0.582. The molecule has 0 spiro atoms. The van der Waals surface area contributed by atoms with Gasteiger partial charge in [0.2, 0.25) is 0 Å². The molecule has 0 aliphatic heterocycles. The van der Waals surface area contributed by atoms with E-state index in [4.69, 9.17) is 5.11 Å². The SMILES string of the molecule is Cc1ccc([C@@H](NC(=O)c2cc(C#CCO)cc(C)n2)c2cc(F)ccc2O)cc1. The van der Waals surface area contributed by atoms with Crippen LogP contribution in [0.25, 0.3) is 0 Å². The van der Waals surface area contributed by atoms with Gasteiger partial charge in [-0.3, -0.25) is 4.79 Å². The van der Waals surface area contributed by atoms with Gasteiger partial charge in [0.05, 0.1) is 6.04 Å². The average molecular weight is 404 g/mol. The maximum Gasteiger partial charge on any atom is 0.270 e. The molecule has 0 unspecified atom stereocenters. The van der Waals surface area contributed by atoms with Gasteiger partial charge in [-0.15, -0.1) is 0 Å². The van der Waals surface area contributed by atoms with Crippen molar-refractivity contribution in [3.63, 3.8) is 0 Å². The Hall–Kier alpha value is -3.69. The highest BCUT2D eigenvalue weighted by Gasteiger charge is 2.22. The van der Waals surface area contributed by atoms with E-state index in [1.54, 1.807) is 13.0 Å². The van der Waals surface area contributed by atoms with Crippen molar-refractivity contribution in [1.29, 1.82) is 0 Å². The third-order valence-electron chi connectivity index (χ3n) is 4.48. The van der Waals surface area contributed by atoms with E-state index in [1.807, 2.05) is 31.2 Å². The van der Waals surface area contributed by atoms with Gasteiger partial charge in [0, 0.05) is 16.8 Å². The van der Waals surface area contributed by atoms with Crippen LogP contribution in [0.5, 0.6) is 5.75 Å². The van der Waals surface area contributed by atoms with Gasteiger partial charge >= 0.3 is 0 Å². The maximum absolute atomic E-state index is 13.9. The van der Waals surface area contributed by atoms with E-state index < -0.39 is 17.8 Å². The molecule has 1 heterocycles. The first-order chi connectivity index (χ1) is 14.4. The summed E-state index contributed by atoms with van der Waals surface area (Å²) in [5.74, 6) is 4.15. The van der Waals surface area contributed by atoms with E-state index in [1.165, 1.54) is 18.2 Å². The summed E-state index contributed by atoms with van der Waals surface area (Å²) in [6.07, 6.45) is 0. The van der Waals surface area contributed by atoms with E-state index >= 15 is 0 Å². The number of aliphatic hydroxyl groups excluding tert-OH is 1. The smallest absolute Gasteiger partial charge is 0.270 e. The summed E-state index contributed by atoms with van der Waals surface area (Å²) in [4.78, 5) is 17.3. The van der Waals surface area contributed by atoms with Gasteiger partial charge < -0.3 is 15.5 Å². The third-order valence-corrected chi connectivity index (χ3v) is 4.48. The van der Waals surface area contributed by atoms with Crippen LogP contribution >= 0.6 is 0 Å². The highest BCUT2D eigenvalue weighted by Crippen LogP contribution is 2.30. The van der Waals surface area contributed by atoms with Gasteiger partial charge in [0.25, 0.3) is 5.91 Å². The Morgan fingerprint density at radius 1 is 1.13 bits per heavy atom. The van der Waals surface area contributed by atoms with Crippen LogP contribution in [0.2, 0.25) is 0 Å². The lowest BCUT2D eigenvalue weighted by atomic mass is 9.96. The van der Waals surface area contributed by atoms with Crippen molar-refractivity contribution in [3.05, 3.63) is 94.1 Å². The summed E-state index contributed by atoms with van der Waals surface area (Å²) in [5, 5.41) is 22.0. The molecule has 0 radical (unpaired) electrons. The molecule has 0 saturated heterocycles. The standard InChI is InChI=1S/C24H21FN2O3/c1-15-5-7-18(8-6-15)23(20-14-19(25)9-10-22(20)29)27-24(30)21-13-17(4-3-11-28)12-16(2)26-21/h5-10,12-14,23,28-29H,11H2,1-2H3,(H,27,30)/t23-/m1/s1. The number of halogens is 1. The molecular formula is C24H21FN2O3. The normalized spacial score (nSPS) is 11.3. The number of aromatic hydroxyl groups is 1. The van der Waals surface area contributed by atoms with Crippen molar-refractivity contribution in [3.8, 4) is 17.6 Å². The Bertz CT molecular complexity index is 1130. The number of hydrogen-bond donors (Lipinski definition) is 3. The van der Waals surface area contributed by atoms with Crippen molar-refractivity contribution in [1.82, 2.24) is 10.3 Å². The molecule has 0 fully saturated rings. The number of nitrogens with one attached hydrogen (secondary N) is 1.